The third-order valence-electron chi connectivity index (χ3n) is 5.68. The first-order chi connectivity index (χ1) is 17.0. The van der Waals surface area contributed by atoms with Crippen molar-refractivity contribution in [1.82, 2.24) is 15.6 Å². The van der Waals surface area contributed by atoms with Gasteiger partial charge in [0.2, 0.25) is 0 Å². The lowest BCUT2D eigenvalue weighted by atomic mass is 9.98. The van der Waals surface area contributed by atoms with Crippen LogP contribution >= 0.6 is 0 Å². The van der Waals surface area contributed by atoms with Crippen molar-refractivity contribution in [1.29, 1.82) is 0 Å². The number of carboxylic acid groups (broad SMARTS) is 1. The molecule has 1 aromatic heterocycles. The minimum atomic E-state index is -1.22. The van der Waals surface area contributed by atoms with Crippen LogP contribution in [0, 0.1) is 11.8 Å². The summed E-state index contributed by atoms with van der Waals surface area (Å²) in [5.74, 6) is 3.23. The molecule has 178 valence electrons. The van der Waals surface area contributed by atoms with Crippen LogP contribution in [0.15, 0.2) is 59.3 Å². The van der Waals surface area contributed by atoms with Gasteiger partial charge >= 0.3 is 12.1 Å². The van der Waals surface area contributed by atoms with Crippen LogP contribution in [0.4, 0.5) is 4.79 Å². The molecular formula is C26H23N3O6. The largest absolute Gasteiger partial charge is 0.480 e. The molecule has 9 nitrogen and oxygen atoms in total. The summed E-state index contributed by atoms with van der Waals surface area (Å²) < 4.78 is 10.7. The van der Waals surface area contributed by atoms with Crippen LogP contribution in [-0.4, -0.2) is 40.7 Å². The number of benzene rings is 2. The highest BCUT2D eigenvalue weighted by Crippen LogP contribution is 2.44. The number of oxazole rings is 1. The number of carbonyl (C=O) groups is 3. The summed E-state index contributed by atoms with van der Waals surface area (Å²) in [6.07, 6.45) is 0.310. The Morgan fingerprint density at radius 2 is 1.77 bits per heavy atom. The number of aromatic nitrogens is 1. The van der Waals surface area contributed by atoms with Gasteiger partial charge in [-0.15, -0.1) is 11.8 Å². The second-order valence-electron chi connectivity index (χ2n) is 7.80. The standard InChI is InChI=1S/C26H23N3O6/c1-2-3-12-21(25(31)32)29-24(30)23-22(35-15-28-23)13-27-26(33)34-14-20-18-10-6-4-8-16(18)17-9-5-7-11-19(17)20/h4-11,15,20-21H,12-14H2,1H3,(H,27,33)(H,29,30)(H,31,32). The zero-order valence-corrected chi connectivity index (χ0v) is 18.9. The summed E-state index contributed by atoms with van der Waals surface area (Å²) in [5.41, 5.74) is 4.31. The highest BCUT2D eigenvalue weighted by atomic mass is 16.5. The molecule has 0 saturated carbocycles. The van der Waals surface area contributed by atoms with Gasteiger partial charge in [0.25, 0.3) is 5.91 Å². The minimum Gasteiger partial charge on any atom is -0.480 e. The molecule has 0 bridgehead atoms. The molecule has 0 saturated heterocycles. The summed E-state index contributed by atoms with van der Waals surface area (Å²) in [5, 5.41) is 14.2. The molecule has 0 aliphatic heterocycles. The first-order valence-corrected chi connectivity index (χ1v) is 10.9. The average Bonchev–Trinajstić information content (AvgIpc) is 3.46. The smallest absolute Gasteiger partial charge is 0.407 e. The SMILES string of the molecule is CC#CCC(NC(=O)c1ncoc1CNC(=O)OCC1c2ccccc2-c2ccccc21)C(=O)O. The third-order valence-corrected chi connectivity index (χ3v) is 5.68. The number of ether oxygens (including phenoxy) is 1. The Labute approximate surface area is 201 Å². The van der Waals surface area contributed by atoms with E-state index in [9.17, 15) is 19.5 Å². The molecule has 3 aromatic rings. The summed E-state index contributed by atoms with van der Waals surface area (Å²) in [7, 11) is 0. The molecule has 0 spiro atoms. The van der Waals surface area contributed by atoms with Gasteiger partial charge in [-0.05, 0) is 29.2 Å². The third kappa shape index (κ3) is 5.17. The Balaban J connectivity index is 1.35. The molecule has 0 radical (unpaired) electrons. The quantitative estimate of drug-likeness (QED) is 0.428. The van der Waals surface area contributed by atoms with Crippen LogP contribution in [0.1, 0.15) is 46.6 Å². The fourth-order valence-electron chi connectivity index (χ4n) is 4.01. The van der Waals surface area contributed by atoms with E-state index in [1.165, 1.54) is 0 Å². The van der Waals surface area contributed by atoms with Crippen molar-refractivity contribution >= 4 is 18.0 Å². The number of hydrogen-bond donors (Lipinski definition) is 3. The molecule has 9 heteroatoms. The van der Waals surface area contributed by atoms with Crippen LogP contribution < -0.4 is 10.6 Å². The Bertz CT molecular complexity index is 1270. The van der Waals surface area contributed by atoms with Gasteiger partial charge in [0, 0.05) is 12.3 Å². The van der Waals surface area contributed by atoms with Crippen molar-refractivity contribution < 1.29 is 28.6 Å². The molecular weight excluding hydrogens is 450 g/mol. The number of nitrogens with zero attached hydrogens (tertiary/aromatic N) is 1. The first-order valence-electron chi connectivity index (χ1n) is 10.9. The van der Waals surface area contributed by atoms with Gasteiger partial charge in [0.05, 0.1) is 6.54 Å². The Hall–Kier alpha value is -4.58. The molecule has 0 fully saturated rings. The fraction of sp³-hybridized carbons (Fsp3) is 0.231. The number of alkyl carbamates (subject to hydrolysis) is 1. The molecule has 1 atom stereocenters. The number of nitrogens with one attached hydrogen (secondary N) is 2. The number of carboxylic acids is 1. The van der Waals surface area contributed by atoms with E-state index in [0.717, 1.165) is 28.6 Å². The predicted octanol–water partition coefficient (Wildman–Crippen LogP) is 3.31. The molecule has 1 heterocycles. The van der Waals surface area contributed by atoms with Gasteiger partial charge in [-0.2, -0.15) is 0 Å². The van der Waals surface area contributed by atoms with Crippen molar-refractivity contribution in [2.45, 2.75) is 31.8 Å². The summed E-state index contributed by atoms with van der Waals surface area (Å²) in [4.78, 5) is 40.1. The van der Waals surface area contributed by atoms with E-state index in [1.54, 1.807) is 6.92 Å². The molecule has 2 amide bonds. The minimum absolute atomic E-state index is 0.0528. The number of amides is 2. The average molecular weight is 473 g/mol. The number of rotatable bonds is 8. The van der Waals surface area contributed by atoms with Gasteiger partial charge in [-0.1, -0.05) is 48.5 Å². The molecule has 35 heavy (non-hydrogen) atoms. The number of carbonyl (C=O) groups excluding carboxylic acids is 2. The second kappa shape index (κ2) is 10.6. The molecule has 3 N–H and O–H groups in total. The van der Waals surface area contributed by atoms with E-state index in [-0.39, 0.29) is 36.9 Å². The number of hydrogen-bond acceptors (Lipinski definition) is 6. The lowest BCUT2D eigenvalue weighted by Gasteiger charge is -2.14. The molecule has 2 aromatic carbocycles. The maximum Gasteiger partial charge on any atom is 0.407 e. The summed E-state index contributed by atoms with van der Waals surface area (Å²) in [6.45, 7) is 1.56. The summed E-state index contributed by atoms with van der Waals surface area (Å²) in [6, 6.07) is 14.8. The van der Waals surface area contributed by atoms with Crippen molar-refractivity contribution in [3.05, 3.63) is 77.5 Å². The van der Waals surface area contributed by atoms with E-state index in [0.29, 0.717) is 0 Å². The van der Waals surface area contributed by atoms with Crippen LogP contribution in [-0.2, 0) is 16.1 Å². The first kappa shape index (κ1) is 23.6. The molecule has 1 unspecified atom stereocenters. The van der Waals surface area contributed by atoms with Gasteiger partial charge in [-0.3, -0.25) is 4.79 Å². The van der Waals surface area contributed by atoms with Crippen LogP contribution in [0.5, 0.6) is 0 Å². The Kier molecular flexibility index (Phi) is 7.12. The van der Waals surface area contributed by atoms with Crippen LogP contribution in [0.2, 0.25) is 0 Å². The van der Waals surface area contributed by atoms with Crippen molar-refractivity contribution in [3.63, 3.8) is 0 Å². The number of aliphatic carboxylic acids is 1. The monoisotopic (exact) mass is 473 g/mol. The Morgan fingerprint density at radius 1 is 1.11 bits per heavy atom. The van der Waals surface area contributed by atoms with Crippen molar-refractivity contribution in [2.24, 2.45) is 0 Å². The maximum absolute atomic E-state index is 12.5. The maximum atomic E-state index is 12.5. The normalized spacial score (nSPS) is 12.5. The predicted molar refractivity (Wildman–Crippen MR) is 125 cm³/mol. The van der Waals surface area contributed by atoms with Gasteiger partial charge < -0.3 is 24.9 Å². The second-order valence-corrected chi connectivity index (χ2v) is 7.80. The lowest BCUT2D eigenvalue weighted by molar-refractivity contribution is -0.139. The van der Waals surface area contributed by atoms with Crippen LogP contribution in [0.3, 0.4) is 0 Å². The topological polar surface area (TPSA) is 131 Å². The van der Waals surface area contributed by atoms with Crippen LogP contribution in [0.25, 0.3) is 11.1 Å². The molecule has 1 aliphatic rings. The Morgan fingerprint density at radius 3 is 2.40 bits per heavy atom. The van der Waals surface area contributed by atoms with Crippen molar-refractivity contribution in [3.8, 4) is 23.0 Å². The zero-order chi connectivity index (χ0) is 24.8. The highest BCUT2D eigenvalue weighted by molar-refractivity contribution is 5.95. The van der Waals surface area contributed by atoms with Gasteiger partial charge in [0.15, 0.2) is 17.8 Å². The van der Waals surface area contributed by atoms with Gasteiger partial charge in [0.1, 0.15) is 12.6 Å². The zero-order valence-electron chi connectivity index (χ0n) is 18.9. The molecule has 4 rings (SSSR count). The highest BCUT2D eigenvalue weighted by Gasteiger charge is 2.29. The van der Waals surface area contributed by atoms with E-state index in [2.05, 4.69) is 39.6 Å². The number of fused-ring (bicyclic) bond motifs is 3. The van der Waals surface area contributed by atoms with Gasteiger partial charge in [-0.25, -0.2) is 14.6 Å². The summed E-state index contributed by atoms with van der Waals surface area (Å²) >= 11 is 0. The van der Waals surface area contributed by atoms with E-state index in [1.807, 2.05) is 36.4 Å². The fourth-order valence-corrected chi connectivity index (χ4v) is 4.01. The lowest BCUT2D eigenvalue weighted by Crippen LogP contribution is -2.41. The van der Waals surface area contributed by atoms with E-state index >= 15 is 0 Å². The van der Waals surface area contributed by atoms with E-state index < -0.39 is 24.0 Å². The van der Waals surface area contributed by atoms with Crippen molar-refractivity contribution in [2.75, 3.05) is 6.61 Å². The molecule has 1 aliphatic carbocycles. The van der Waals surface area contributed by atoms with E-state index in [4.69, 9.17) is 9.15 Å².